The van der Waals surface area contributed by atoms with E-state index in [1.54, 1.807) is 31.4 Å². The molecule has 0 spiro atoms. The highest BCUT2D eigenvalue weighted by Crippen LogP contribution is 2.33. The van der Waals surface area contributed by atoms with Crippen LogP contribution in [0.1, 0.15) is 19.4 Å². The number of hydrogen-bond acceptors (Lipinski definition) is 4. The first-order valence-corrected chi connectivity index (χ1v) is 8.78. The van der Waals surface area contributed by atoms with E-state index in [0.29, 0.717) is 18.7 Å². The lowest BCUT2D eigenvalue weighted by Gasteiger charge is -2.15. The van der Waals surface area contributed by atoms with Gasteiger partial charge >= 0.3 is 0 Å². The van der Waals surface area contributed by atoms with E-state index in [2.05, 4.69) is 0 Å². The van der Waals surface area contributed by atoms with E-state index in [9.17, 15) is 9.59 Å². The standard InChI is InChI=1S/C21H23NO4/c1-4-26-18-11-7-16(8-12-18)22-20(23)14(2)19(21(22)24)13-15-5-9-17(25-3)10-6-15/h5-12,14,19H,4,13H2,1-3H3/t14-,19+/m0/s1. The number of carbonyl (C=O) groups is 2. The monoisotopic (exact) mass is 353 g/mol. The minimum Gasteiger partial charge on any atom is -0.497 e. The Kier molecular flexibility index (Phi) is 5.26. The van der Waals surface area contributed by atoms with Crippen LogP contribution in [-0.4, -0.2) is 25.5 Å². The molecule has 5 heteroatoms. The van der Waals surface area contributed by atoms with Gasteiger partial charge in [-0.15, -0.1) is 0 Å². The van der Waals surface area contributed by atoms with Crippen LogP contribution >= 0.6 is 0 Å². The minimum atomic E-state index is -0.359. The number of hydrogen-bond donors (Lipinski definition) is 0. The van der Waals surface area contributed by atoms with Crippen molar-refractivity contribution in [3.05, 3.63) is 54.1 Å². The van der Waals surface area contributed by atoms with Crippen molar-refractivity contribution in [3.8, 4) is 11.5 Å². The highest BCUT2D eigenvalue weighted by molar-refractivity contribution is 6.22. The Morgan fingerprint density at radius 2 is 1.54 bits per heavy atom. The molecule has 1 fully saturated rings. The SMILES string of the molecule is CCOc1ccc(N2C(=O)[C@@H](C)[C@@H](Cc3ccc(OC)cc3)C2=O)cc1. The molecule has 0 bridgehead atoms. The second kappa shape index (κ2) is 7.60. The maximum absolute atomic E-state index is 12.9. The Hall–Kier alpha value is -2.82. The van der Waals surface area contributed by atoms with Crippen molar-refractivity contribution in [2.24, 2.45) is 11.8 Å². The largest absolute Gasteiger partial charge is 0.497 e. The molecule has 0 aliphatic carbocycles. The molecule has 2 aromatic carbocycles. The predicted octanol–water partition coefficient (Wildman–Crippen LogP) is 3.46. The summed E-state index contributed by atoms with van der Waals surface area (Å²) >= 11 is 0. The molecule has 1 saturated heterocycles. The first kappa shape index (κ1) is 18.0. The molecule has 0 N–H and O–H groups in total. The van der Waals surface area contributed by atoms with Crippen LogP contribution in [0.3, 0.4) is 0 Å². The number of anilines is 1. The Bertz CT molecular complexity index is 783. The summed E-state index contributed by atoms with van der Waals surface area (Å²) < 4.78 is 10.6. The number of methoxy groups -OCH3 is 1. The molecule has 5 nitrogen and oxygen atoms in total. The van der Waals surface area contributed by atoms with Crippen LogP contribution in [-0.2, 0) is 16.0 Å². The van der Waals surface area contributed by atoms with Gasteiger partial charge in [0, 0.05) is 5.92 Å². The maximum atomic E-state index is 12.9. The van der Waals surface area contributed by atoms with Crippen molar-refractivity contribution < 1.29 is 19.1 Å². The molecule has 2 amide bonds. The van der Waals surface area contributed by atoms with Gasteiger partial charge < -0.3 is 9.47 Å². The third kappa shape index (κ3) is 3.43. The van der Waals surface area contributed by atoms with Crippen LogP contribution in [0, 0.1) is 11.8 Å². The zero-order chi connectivity index (χ0) is 18.7. The number of rotatable bonds is 6. The lowest BCUT2D eigenvalue weighted by molar-refractivity contribution is -0.122. The summed E-state index contributed by atoms with van der Waals surface area (Å²) in [4.78, 5) is 26.9. The zero-order valence-electron chi connectivity index (χ0n) is 15.3. The second-order valence-corrected chi connectivity index (χ2v) is 6.39. The van der Waals surface area contributed by atoms with Crippen molar-refractivity contribution >= 4 is 17.5 Å². The second-order valence-electron chi connectivity index (χ2n) is 6.39. The molecule has 0 unspecified atom stereocenters. The summed E-state index contributed by atoms with van der Waals surface area (Å²) in [5.74, 6) is 0.476. The number of benzene rings is 2. The molecule has 3 rings (SSSR count). The van der Waals surface area contributed by atoms with Crippen molar-refractivity contribution in [1.29, 1.82) is 0 Å². The Balaban J connectivity index is 1.79. The van der Waals surface area contributed by atoms with E-state index in [4.69, 9.17) is 9.47 Å². The van der Waals surface area contributed by atoms with Crippen molar-refractivity contribution in [2.45, 2.75) is 20.3 Å². The van der Waals surface area contributed by atoms with E-state index in [1.807, 2.05) is 38.1 Å². The van der Waals surface area contributed by atoms with Crippen LogP contribution in [0.4, 0.5) is 5.69 Å². The van der Waals surface area contributed by atoms with E-state index in [0.717, 1.165) is 17.1 Å². The van der Waals surface area contributed by atoms with Crippen LogP contribution in [0.25, 0.3) is 0 Å². The van der Waals surface area contributed by atoms with Crippen LogP contribution in [0.15, 0.2) is 48.5 Å². The van der Waals surface area contributed by atoms with Gasteiger partial charge in [-0.2, -0.15) is 0 Å². The maximum Gasteiger partial charge on any atom is 0.238 e. The smallest absolute Gasteiger partial charge is 0.238 e. The average Bonchev–Trinajstić information content (AvgIpc) is 2.87. The molecule has 1 aliphatic rings. The van der Waals surface area contributed by atoms with Crippen LogP contribution in [0.5, 0.6) is 11.5 Å². The first-order chi connectivity index (χ1) is 12.5. The summed E-state index contributed by atoms with van der Waals surface area (Å²) in [6.45, 7) is 4.30. The topological polar surface area (TPSA) is 55.8 Å². The number of nitrogens with zero attached hydrogens (tertiary/aromatic N) is 1. The van der Waals surface area contributed by atoms with E-state index in [1.165, 1.54) is 4.90 Å². The predicted molar refractivity (Wildman–Crippen MR) is 99.5 cm³/mol. The van der Waals surface area contributed by atoms with Crippen LogP contribution in [0.2, 0.25) is 0 Å². The average molecular weight is 353 g/mol. The summed E-state index contributed by atoms with van der Waals surface area (Å²) in [5.41, 5.74) is 1.60. The molecular formula is C21H23NO4. The van der Waals surface area contributed by atoms with Gasteiger partial charge in [-0.1, -0.05) is 19.1 Å². The summed E-state index contributed by atoms with van der Waals surface area (Å²) in [7, 11) is 1.62. The van der Waals surface area contributed by atoms with Gasteiger partial charge in [0.1, 0.15) is 11.5 Å². The van der Waals surface area contributed by atoms with Gasteiger partial charge in [0.05, 0.1) is 25.3 Å². The highest BCUT2D eigenvalue weighted by Gasteiger charge is 2.45. The van der Waals surface area contributed by atoms with Gasteiger partial charge in [0.2, 0.25) is 11.8 Å². The fraction of sp³-hybridized carbons (Fsp3) is 0.333. The Morgan fingerprint density at radius 1 is 0.923 bits per heavy atom. The number of carbonyl (C=O) groups excluding carboxylic acids is 2. The lowest BCUT2D eigenvalue weighted by Crippen LogP contribution is -2.31. The molecule has 1 heterocycles. The van der Waals surface area contributed by atoms with Gasteiger partial charge in [0.25, 0.3) is 0 Å². The third-order valence-corrected chi connectivity index (χ3v) is 4.77. The van der Waals surface area contributed by atoms with Gasteiger partial charge in [-0.05, 0) is 55.3 Å². The Labute approximate surface area is 153 Å². The van der Waals surface area contributed by atoms with E-state index >= 15 is 0 Å². The molecule has 2 aromatic rings. The molecular weight excluding hydrogens is 330 g/mol. The molecule has 2 atom stereocenters. The lowest BCUT2D eigenvalue weighted by atomic mass is 9.90. The number of imide groups is 1. The van der Waals surface area contributed by atoms with Crippen LogP contribution < -0.4 is 14.4 Å². The molecule has 136 valence electrons. The zero-order valence-corrected chi connectivity index (χ0v) is 15.3. The molecule has 0 saturated carbocycles. The fourth-order valence-corrected chi connectivity index (χ4v) is 3.26. The third-order valence-electron chi connectivity index (χ3n) is 4.77. The fourth-order valence-electron chi connectivity index (χ4n) is 3.26. The van der Waals surface area contributed by atoms with Gasteiger partial charge in [0.15, 0.2) is 0 Å². The first-order valence-electron chi connectivity index (χ1n) is 8.78. The molecule has 26 heavy (non-hydrogen) atoms. The van der Waals surface area contributed by atoms with Crippen molar-refractivity contribution in [3.63, 3.8) is 0 Å². The number of amides is 2. The van der Waals surface area contributed by atoms with Crippen molar-refractivity contribution in [1.82, 2.24) is 0 Å². The van der Waals surface area contributed by atoms with E-state index < -0.39 is 0 Å². The van der Waals surface area contributed by atoms with Gasteiger partial charge in [-0.3, -0.25) is 14.5 Å². The summed E-state index contributed by atoms with van der Waals surface area (Å²) in [6.07, 6.45) is 0.531. The molecule has 0 radical (unpaired) electrons. The summed E-state index contributed by atoms with van der Waals surface area (Å²) in [6, 6.07) is 14.7. The Morgan fingerprint density at radius 3 is 2.12 bits per heavy atom. The van der Waals surface area contributed by atoms with Crippen molar-refractivity contribution in [2.75, 3.05) is 18.6 Å². The van der Waals surface area contributed by atoms with E-state index in [-0.39, 0.29) is 23.7 Å². The normalized spacial score (nSPS) is 19.7. The quantitative estimate of drug-likeness (QED) is 0.746. The number of ether oxygens (including phenoxy) is 2. The molecule has 1 aliphatic heterocycles. The summed E-state index contributed by atoms with van der Waals surface area (Å²) in [5, 5.41) is 0. The minimum absolute atomic E-state index is 0.150. The highest BCUT2D eigenvalue weighted by atomic mass is 16.5. The molecule has 0 aromatic heterocycles. The van der Waals surface area contributed by atoms with Gasteiger partial charge in [-0.25, -0.2) is 0 Å².